The van der Waals surface area contributed by atoms with Crippen molar-refractivity contribution in [2.24, 2.45) is 0 Å². The summed E-state index contributed by atoms with van der Waals surface area (Å²) in [4.78, 5) is 13.7. The van der Waals surface area contributed by atoms with Crippen LogP contribution in [0.5, 0.6) is 5.75 Å². The highest BCUT2D eigenvalue weighted by Crippen LogP contribution is 2.12. The molecule has 5 heteroatoms. The van der Waals surface area contributed by atoms with Gasteiger partial charge in [0.15, 0.2) is 0 Å². The number of hydrogen-bond donors (Lipinski definition) is 2. The molecule has 1 saturated heterocycles. The molecule has 2 N–H and O–H groups in total. The van der Waals surface area contributed by atoms with Crippen molar-refractivity contribution in [3.63, 3.8) is 0 Å². The molecule has 1 aromatic rings. The molecule has 0 saturated carbocycles. The first kappa shape index (κ1) is 13.8. The third-order valence-corrected chi connectivity index (χ3v) is 3.24. The summed E-state index contributed by atoms with van der Waals surface area (Å²) >= 11 is 0. The van der Waals surface area contributed by atoms with Crippen LogP contribution in [-0.4, -0.2) is 48.8 Å². The number of rotatable bonds is 5. The first-order valence-electron chi connectivity index (χ1n) is 6.47. The highest BCUT2D eigenvalue weighted by Gasteiger charge is 2.21. The Hall–Kier alpha value is -1.59. The third kappa shape index (κ3) is 4.22. The largest absolute Gasteiger partial charge is 0.497 e. The van der Waals surface area contributed by atoms with E-state index in [9.17, 15) is 9.90 Å². The highest BCUT2D eigenvalue weighted by atomic mass is 16.5. The zero-order valence-electron chi connectivity index (χ0n) is 11.1. The smallest absolute Gasteiger partial charge is 0.234 e. The van der Waals surface area contributed by atoms with E-state index in [1.165, 1.54) is 0 Å². The minimum absolute atomic E-state index is 0.0167. The molecule has 0 aliphatic carbocycles. The molecule has 1 fully saturated rings. The quantitative estimate of drug-likeness (QED) is 0.807. The van der Waals surface area contributed by atoms with E-state index in [0.29, 0.717) is 19.6 Å². The molecular weight excluding hydrogens is 244 g/mol. The summed E-state index contributed by atoms with van der Waals surface area (Å²) in [7, 11) is 1.62. The molecule has 1 aliphatic heterocycles. The number of likely N-dealkylation sites (tertiary alicyclic amines) is 1. The molecule has 1 aliphatic rings. The third-order valence-electron chi connectivity index (χ3n) is 3.24. The zero-order chi connectivity index (χ0) is 13.7. The van der Waals surface area contributed by atoms with Crippen LogP contribution in [0, 0.1) is 0 Å². The van der Waals surface area contributed by atoms with Gasteiger partial charge in [-0.3, -0.25) is 9.69 Å². The van der Waals surface area contributed by atoms with Crippen LogP contribution in [0.15, 0.2) is 24.3 Å². The van der Waals surface area contributed by atoms with Gasteiger partial charge < -0.3 is 15.2 Å². The maximum atomic E-state index is 11.8. The molecule has 104 valence electrons. The number of hydrogen-bond acceptors (Lipinski definition) is 4. The molecular formula is C14H20N2O3. The zero-order valence-corrected chi connectivity index (χ0v) is 11.1. The van der Waals surface area contributed by atoms with Gasteiger partial charge in [-0.05, 0) is 24.1 Å². The summed E-state index contributed by atoms with van der Waals surface area (Å²) in [6.45, 7) is 2.22. The van der Waals surface area contributed by atoms with Crippen LogP contribution in [0.25, 0.3) is 0 Å². The van der Waals surface area contributed by atoms with Crippen molar-refractivity contribution in [2.75, 3.05) is 26.7 Å². The number of amides is 1. The second-order valence-electron chi connectivity index (χ2n) is 4.81. The fourth-order valence-electron chi connectivity index (χ4n) is 2.20. The molecule has 0 spiro atoms. The van der Waals surface area contributed by atoms with Crippen molar-refractivity contribution >= 4 is 5.91 Å². The molecule has 0 unspecified atom stereocenters. The van der Waals surface area contributed by atoms with Gasteiger partial charge in [-0.25, -0.2) is 0 Å². The number of β-amino-alcohol motifs (C(OH)–C–C–N with tert-alkyl or cyclic N) is 1. The lowest BCUT2D eigenvalue weighted by Gasteiger charge is -2.14. The van der Waals surface area contributed by atoms with Crippen LogP contribution < -0.4 is 10.1 Å². The Bertz CT molecular complexity index is 436. The Morgan fingerprint density at radius 3 is 3.11 bits per heavy atom. The van der Waals surface area contributed by atoms with Crippen molar-refractivity contribution in [2.45, 2.75) is 19.1 Å². The van der Waals surface area contributed by atoms with Crippen LogP contribution in [-0.2, 0) is 11.3 Å². The summed E-state index contributed by atoms with van der Waals surface area (Å²) in [5.74, 6) is 0.770. The summed E-state index contributed by atoms with van der Waals surface area (Å²) < 4.78 is 5.13. The average molecular weight is 264 g/mol. The molecule has 0 radical (unpaired) electrons. The number of ether oxygens (including phenoxy) is 1. The predicted molar refractivity (Wildman–Crippen MR) is 71.9 cm³/mol. The lowest BCUT2D eigenvalue weighted by Crippen LogP contribution is -2.36. The number of carbonyl (C=O) groups is 1. The van der Waals surface area contributed by atoms with Crippen LogP contribution in [0.2, 0.25) is 0 Å². The highest BCUT2D eigenvalue weighted by molar-refractivity contribution is 5.78. The van der Waals surface area contributed by atoms with E-state index < -0.39 is 0 Å². The first-order chi connectivity index (χ1) is 9.17. The van der Waals surface area contributed by atoms with Crippen molar-refractivity contribution in [1.82, 2.24) is 10.2 Å². The molecule has 1 heterocycles. The van der Waals surface area contributed by atoms with Crippen LogP contribution >= 0.6 is 0 Å². The second-order valence-corrected chi connectivity index (χ2v) is 4.81. The number of aliphatic hydroxyl groups is 1. The number of nitrogens with zero attached hydrogens (tertiary/aromatic N) is 1. The summed E-state index contributed by atoms with van der Waals surface area (Å²) in [6.07, 6.45) is 0.467. The second kappa shape index (κ2) is 6.54. The van der Waals surface area contributed by atoms with Gasteiger partial charge in [0.25, 0.3) is 0 Å². The molecule has 2 rings (SSSR count). The first-order valence-corrected chi connectivity index (χ1v) is 6.47. The van der Waals surface area contributed by atoms with Crippen molar-refractivity contribution < 1.29 is 14.6 Å². The lowest BCUT2D eigenvalue weighted by molar-refractivity contribution is -0.122. The topological polar surface area (TPSA) is 61.8 Å². The van der Waals surface area contributed by atoms with Gasteiger partial charge in [0.1, 0.15) is 5.75 Å². The summed E-state index contributed by atoms with van der Waals surface area (Å²) in [6, 6.07) is 7.62. The standard InChI is InChI=1S/C14H20N2O3/c1-19-13-4-2-3-11(7-13)8-15-14(18)10-16-6-5-12(17)9-16/h2-4,7,12,17H,5-6,8-10H2,1H3,(H,15,18)/t12-/m1/s1. The minimum atomic E-state index is -0.286. The summed E-state index contributed by atoms with van der Waals surface area (Å²) in [5, 5.41) is 12.3. The molecule has 1 aromatic carbocycles. The molecule has 0 aromatic heterocycles. The van der Waals surface area contributed by atoms with Crippen LogP contribution in [0.3, 0.4) is 0 Å². The van der Waals surface area contributed by atoms with Gasteiger partial charge in [0.05, 0.1) is 19.8 Å². The maximum Gasteiger partial charge on any atom is 0.234 e. The van der Waals surface area contributed by atoms with E-state index in [1.807, 2.05) is 29.2 Å². The average Bonchev–Trinajstić information content (AvgIpc) is 2.82. The Morgan fingerprint density at radius 1 is 1.58 bits per heavy atom. The van der Waals surface area contributed by atoms with Crippen molar-refractivity contribution in [1.29, 1.82) is 0 Å². The van der Waals surface area contributed by atoms with E-state index in [0.717, 1.165) is 24.3 Å². The van der Waals surface area contributed by atoms with Crippen LogP contribution in [0.1, 0.15) is 12.0 Å². The predicted octanol–water partition coefficient (Wildman–Crippen LogP) is 0.378. The monoisotopic (exact) mass is 264 g/mol. The van der Waals surface area contributed by atoms with Gasteiger partial charge in [-0.15, -0.1) is 0 Å². The maximum absolute atomic E-state index is 11.8. The summed E-state index contributed by atoms with van der Waals surface area (Å²) in [5.41, 5.74) is 1.01. The van der Waals surface area contributed by atoms with Crippen molar-refractivity contribution in [3.8, 4) is 5.75 Å². The molecule has 0 bridgehead atoms. The van der Waals surface area contributed by atoms with E-state index >= 15 is 0 Å². The van der Waals surface area contributed by atoms with Gasteiger partial charge in [-0.1, -0.05) is 12.1 Å². The Balaban J connectivity index is 1.76. The van der Waals surface area contributed by atoms with E-state index in [4.69, 9.17) is 4.74 Å². The number of nitrogens with one attached hydrogen (secondary N) is 1. The number of carbonyl (C=O) groups excluding carboxylic acids is 1. The Labute approximate surface area is 113 Å². The van der Waals surface area contributed by atoms with Gasteiger partial charge in [0, 0.05) is 19.6 Å². The van der Waals surface area contributed by atoms with Gasteiger partial charge >= 0.3 is 0 Å². The van der Waals surface area contributed by atoms with Gasteiger partial charge in [-0.2, -0.15) is 0 Å². The minimum Gasteiger partial charge on any atom is -0.497 e. The number of benzene rings is 1. The molecule has 1 atom stereocenters. The SMILES string of the molecule is COc1cccc(CNC(=O)CN2CC[C@@H](O)C2)c1. The fraction of sp³-hybridized carbons (Fsp3) is 0.500. The normalized spacial score (nSPS) is 19.4. The van der Waals surface area contributed by atoms with E-state index in [-0.39, 0.29) is 12.0 Å². The molecule has 1 amide bonds. The number of aliphatic hydroxyl groups excluding tert-OH is 1. The van der Waals surface area contributed by atoms with Crippen molar-refractivity contribution in [3.05, 3.63) is 29.8 Å². The van der Waals surface area contributed by atoms with Gasteiger partial charge in [0.2, 0.25) is 5.91 Å². The Kier molecular flexibility index (Phi) is 4.76. The molecule has 5 nitrogen and oxygen atoms in total. The molecule has 19 heavy (non-hydrogen) atoms. The lowest BCUT2D eigenvalue weighted by atomic mass is 10.2. The number of methoxy groups -OCH3 is 1. The fourth-order valence-corrected chi connectivity index (χ4v) is 2.20. The van der Waals surface area contributed by atoms with Crippen LogP contribution in [0.4, 0.5) is 0 Å². The van der Waals surface area contributed by atoms with E-state index in [2.05, 4.69) is 5.32 Å². The Morgan fingerprint density at radius 2 is 2.42 bits per heavy atom. The van der Waals surface area contributed by atoms with E-state index in [1.54, 1.807) is 7.11 Å².